The maximum Gasteiger partial charge on any atom is 0.254 e. The summed E-state index contributed by atoms with van der Waals surface area (Å²) in [6.45, 7) is 6.60. The molecule has 0 unspecified atom stereocenters. The number of hydrogen-bond donors (Lipinski definition) is 0. The summed E-state index contributed by atoms with van der Waals surface area (Å²) in [5.74, 6) is 0.204. The molecule has 1 fully saturated rings. The van der Waals surface area contributed by atoms with Gasteiger partial charge in [0, 0.05) is 31.7 Å². The van der Waals surface area contributed by atoms with Crippen LogP contribution in [0.4, 0.5) is 0 Å². The lowest BCUT2D eigenvalue weighted by Gasteiger charge is -2.23. The monoisotopic (exact) mass is 350 g/mol. The molecule has 0 bridgehead atoms. The summed E-state index contributed by atoms with van der Waals surface area (Å²) >= 11 is 0. The van der Waals surface area contributed by atoms with E-state index in [4.69, 9.17) is 0 Å². The molecule has 0 atom stereocenters. The maximum atomic E-state index is 12.8. The van der Waals surface area contributed by atoms with Crippen molar-refractivity contribution < 1.29 is 9.59 Å². The van der Waals surface area contributed by atoms with Crippen LogP contribution in [0.3, 0.4) is 0 Å². The van der Waals surface area contributed by atoms with Crippen LogP contribution in [-0.4, -0.2) is 47.8 Å². The summed E-state index contributed by atoms with van der Waals surface area (Å²) in [5, 5.41) is 0. The van der Waals surface area contributed by atoms with Gasteiger partial charge in [-0.15, -0.1) is 0 Å². The third-order valence-corrected chi connectivity index (χ3v) is 4.99. The van der Waals surface area contributed by atoms with Crippen LogP contribution in [0.1, 0.15) is 33.5 Å². The van der Waals surface area contributed by atoms with E-state index in [0.29, 0.717) is 32.6 Å². The lowest BCUT2D eigenvalue weighted by molar-refractivity contribution is -0.130. The van der Waals surface area contributed by atoms with E-state index >= 15 is 0 Å². The Bertz CT molecular complexity index is 783. The lowest BCUT2D eigenvalue weighted by Crippen LogP contribution is -2.38. The average Bonchev–Trinajstić information content (AvgIpc) is 2.90. The molecule has 0 saturated carbocycles. The van der Waals surface area contributed by atoms with Crippen molar-refractivity contribution in [2.45, 2.75) is 26.7 Å². The van der Waals surface area contributed by atoms with Gasteiger partial charge in [0.05, 0.1) is 6.42 Å². The molecule has 2 amide bonds. The highest BCUT2D eigenvalue weighted by atomic mass is 16.2. The molecule has 0 N–H and O–H groups in total. The Morgan fingerprint density at radius 3 is 2.23 bits per heavy atom. The van der Waals surface area contributed by atoms with E-state index in [1.807, 2.05) is 72.2 Å². The highest BCUT2D eigenvalue weighted by molar-refractivity contribution is 5.95. The molecule has 0 radical (unpaired) electrons. The molecule has 1 heterocycles. The average molecular weight is 350 g/mol. The van der Waals surface area contributed by atoms with Gasteiger partial charge in [-0.2, -0.15) is 0 Å². The summed E-state index contributed by atoms with van der Waals surface area (Å²) < 4.78 is 0. The minimum Gasteiger partial charge on any atom is -0.341 e. The number of carbonyl (C=O) groups is 2. The molecule has 0 aliphatic carbocycles. The van der Waals surface area contributed by atoms with Gasteiger partial charge in [0.1, 0.15) is 0 Å². The molecule has 0 aromatic heterocycles. The number of nitrogens with zero attached hydrogens (tertiary/aromatic N) is 2. The number of rotatable bonds is 3. The molecule has 1 aliphatic rings. The van der Waals surface area contributed by atoms with E-state index in [-0.39, 0.29) is 11.8 Å². The van der Waals surface area contributed by atoms with Crippen molar-refractivity contribution in [3.05, 3.63) is 70.8 Å². The molecule has 136 valence electrons. The second kappa shape index (κ2) is 8.17. The fourth-order valence-corrected chi connectivity index (χ4v) is 3.35. The normalized spacial score (nSPS) is 14.8. The van der Waals surface area contributed by atoms with Crippen molar-refractivity contribution in [1.29, 1.82) is 0 Å². The van der Waals surface area contributed by atoms with Gasteiger partial charge < -0.3 is 9.80 Å². The molecule has 4 nitrogen and oxygen atoms in total. The van der Waals surface area contributed by atoms with E-state index in [2.05, 4.69) is 0 Å². The molecule has 4 heteroatoms. The maximum absolute atomic E-state index is 12.8. The van der Waals surface area contributed by atoms with Crippen molar-refractivity contribution >= 4 is 11.8 Å². The van der Waals surface area contributed by atoms with Crippen LogP contribution >= 0.6 is 0 Å². The Morgan fingerprint density at radius 1 is 0.846 bits per heavy atom. The third-order valence-electron chi connectivity index (χ3n) is 4.99. The molecular weight excluding hydrogens is 324 g/mol. The van der Waals surface area contributed by atoms with Crippen LogP contribution in [0, 0.1) is 13.8 Å². The fraction of sp³-hybridized carbons (Fsp3) is 0.364. The Labute approximate surface area is 155 Å². The molecular formula is C22H26N2O2. The molecule has 0 spiro atoms. The summed E-state index contributed by atoms with van der Waals surface area (Å²) in [7, 11) is 0. The van der Waals surface area contributed by atoms with Gasteiger partial charge >= 0.3 is 0 Å². The molecule has 26 heavy (non-hydrogen) atoms. The zero-order chi connectivity index (χ0) is 18.5. The highest BCUT2D eigenvalue weighted by Gasteiger charge is 2.23. The first-order chi connectivity index (χ1) is 12.5. The third kappa shape index (κ3) is 4.31. The largest absolute Gasteiger partial charge is 0.341 e. The van der Waals surface area contributed by atoms with Gasteiger partial charge in [0.15, 0.2) is 0 Å². The summed E-state index contributed by atoms with van der Waals surface area (Å²) in [4.78, 5) is 29.2. The molecule has 1 saturated heterocycles. The summed E-state index contributed by atoms with van der Waals surface area (Å²) in [6.07, 6.45) is 1.24. The van der Waals surface area contributed by atoms with Gasteiger partial charge in [-0.1, -0.05) is 48.0 Å². The Kier molecular flexibility index (Phi) is 5.71. The number of hydrogen-bond acceptors (Lipinski definition) is 2. The number of amides is 2. The Balaban J connectivity index is 1.61. The van der Waals surface area contributed by atoms with Crippen LogP contribution in [0.15, 0.2) is 48.5 Å². The summed E-state index contributed by atoms with van der Waals surface area (Å²) in [5.41, 5.74) is 3.99. The fourth-order valence-electron chi connectivity index (χ4n) is 3.35. The Morgan fingerprint density at radius 2 is 1.50 bits per heavy atom. The van der Waals surface area contributed by atoms with Crippen LogP contribution < -0.4 is 0 Å². The minimum absolute atomic E-state index is 0.0657. The first-order valence-electron chi connectivity index (χ1n) is 9.23. The van der Waals surface area contributed by atoms with Gasteiger partial charge in [-0.3, -0.25) is 9.59 Å². The van der Waals surface area contributed by atoms with Crippen molar-refractivity contribution in [2.24, 2.45) is 0 Å². The second-order valence-corrected chi connectivity index (χ2v) is 7.00. The first kappa shape index (κ1) is 18.2. The topological polar surface area (TPSA) is 40.6 Å². The van der Waals surface area contributed by atoms with E-state index in [1.165, 1.54) is 5.56 Å². The van der Waals surface area contributed by atoms with Gasteiger partial charge in [-0.25, -0.2) is 0 Å². The highest BCUT2D eigenvalue weighted by Crippen LogP contribution is 2.14. The van der Waals surface area contributed by atoms with Crippen molar-refractivity contribution in [3.8, 4) is 0 Å². The zero-order valence-corrected chi connectivity index (χ0v) is 15.6. The van der Waals surface area contributed by atoms with E-state index in [0.717, 1.165) is 23.1 Å². The standard InChI is InChI=1S/C22H26N2O2/c1-17-8-10-19(11-9-17)16-21(25)23-12-5-13-24(15-14-23)22(26)20-7-4-3-6-18(20)2/h3-4,6-11H,5,12-16H2,1-2H3. The first-order valence-corrected chi connectivity index (χ1v) is 9.23. The second-order valence-electron chi connectivity index (χ2n) is 7.00. The number of benzene rings is 2. The number of aryl methyl sites for hydroxylation is 2. The van der Waals surface area contributed by atoms with E-state index in [9.17, 15) is 9.59 Å². The molecule has 3 rings (SSSR count). The van der Waals surface area contributed by atoms with E-state index < -0.39 is 0 Å². The summed E-state index contributed by atoms with van der Waals surface area (Å²) in [6, 6.07) is 15.8. The lowest BCUT2D eigenvalue weighted by atomic mass is 10.1. The SMILES string of the molecule is Cc1ccc(CC(=O)N2CCCN(C(=O)c3ccccc3C)CC2)cc1. The van der Waals surface area contributed by atoms with Gasteiger partial charge in [0.2, 0.25) is 5.91 Å². The van der Waals surface area contributed by atoms with Crippen LogP contribution in [0.25, 0.3) is 0 Å². The quantitative estimate of drug-likeness (QED) is 0.853. The minimum atomic E-state index is 0.0657. The van der Waals surface area contributed by atoms with Crippen LogP contribution in [0.2, 0.25) is 0 Å². The Hall–Kier alpha value is -2.62. The molecule has 2 aromatic carbocycles. The predicted octanol–water partition coefficient (Wildman–Crippen LogP) is 3.22. The predicted molar refractivity (Wildman–Crippen MR) is 103 cm³/mol. The molecule has 2 aromatic rings. The van der Waals surface area contributed by atoms with Crippen molar-refractivity contribution in [1.82, 2.24) is 9.80 Å². The number of carbonyl (C=O) groups excluding carboxylic acids is 2. The zero-order valence-electron chi connectivity index (χ0n) is 15.6. The smallest absolute Gasteiger partial charge is 0.254 e. The van der Waals surface area contributed by atoms with Crippen molar-refractivity contribution in [3.63, 3.8) is 0 Å². The van der Waals surface area contributed by atoms with Gasteiger partial charge in [-0.05, 0) is 37.5 Å². The van der Waals surface area contributed by atoms with E-state index in [1.54, 1.807) is 0 Å². The molecule has 1 aliphatic heterocycles. The van der Waals surface area contributed by atoms with Gasteiger partial charge in [0.25, 0.3) is 5.91 Å². The van der Waals surface area contributed by atoms with Crippen LogP contribution in [-0.2, 0) is 11.2 Å². The van der Waals surface area contributed by atoms with Crippen molar-refractivity contribution in [2.75, 3.05) is 26.2 Å². The van der Waals surface area contributed by atoms with Crippen LogP contribution in [0.5, 0.6) is 0 Å².